The average Bonchev–Trinajstić information content (AvgIpc) is 2.77. The molecule has 0 N–H and O–H groups in total. The molecule has 0 bridgehead atoms. The molecule has 7 heteroatoms. The highest BCUT2D eigenvalue weighted by molar-refractivity contribution is 8.00. The first-order chi connectivity index (χ1) is 15.2. The van der Waals surface area contributed by atoms with E-state index in [0.29, 0.717) is 18.3 Å². The Bertz CT molecular complexity index is 748. The first kappa shape index (κ1) is 25.2. The minimum absolute atomic E-state index is 0.0424. The van der Waals surface area contributed by atoms with Crippen molar-refractivity contribution >= 4 is 17.4 Å². The molecule has 32 heavy (non-hydrogen) atoms. The molecular weight excluding hydrogens is 431 g/mol. The number of benzene rings is 1. The van der Waals surface area contributed by atoms with Crippen LogP contribution in [0.15, 0.2) is 29.2 Å². The van der Waals surface area contributed by atoms with E-state index in [-0.39, 0.29) is 16.7 Å². The molecule has 1 aliphatic heterocycles. The zero-order valence-electron chi connectivity index (χ0n) is 19.3. The predicted molar refractivity (Wildman–Crippen MR) is 126 cm³/mol. The van der Waals surface area contributed by atoms with Crippen molar-refractivity contribution in [2.45, 2.75) is 62.8 Å². The summed E-state index contributed by atoms with van der Waals surface area (Å²) >= 11 is -0.0424. The first-order valence-electron chi connectivity index (χ1n) is 11.9. The van der Waals surface area contributed by atoms with Crippen LogP contribution in [0, 0.1) is 35.0 Å². The fourth-order valence-electron chi connectivity index (χ4n) is 5.27. The Labute approximate surface area is 195 Å². The molecule has 178 valence electrons. The third-order valence-electron chi connectivity index (χ3n) is 7.59. The standard InChI is InChI=1S/C25H36F3N3S/c1-19(10-12-29)20(2)22-8-6-21(7-9-22)11-13-30-14-16-31(17-15-30)23-4-3-5-24(18-23)32-25(26,27)28/h3-5,18-22H,6-11,13-17H2,1-2H3. The number of hydrogen-bond donors (Lipinski definition) is 0. The van der Waals surface area contributed by atoms with E-state index in [1.807, 2.05) is 6.07 Å². The molecule has 3 rings (SSSR count). The van der Waals surface area contributed by atoms with Gasteiger partial charge in [0.25, 0.3) is 0 Å². The number of thioether (sulfide) groups is 1. The van der Waals surface area contributed by atoms with E-state index in [1.165, 1.54) is 38.2 Å². The van der Waals surface area contributed by atoms with Crippen LogP contribution >= 0.6 is 11.8 Å². The maximum absolute atomic E-state index is 12.7. The van der Waals surface area contributed by atoms with Crippen molar-refractivity contribution in [2.24, 2.45) is 23.7 Å². The summed E-state index contributed by atoms with van der Waals surface area (Å²) in [5.41, 5.74) is -3.36. The van der Waals surface area contributed by atoms with Gasteiger partial charge in [0.1, 0.15) is 0 Å². The van der Waals surface area contributed by atoms with Gasteiger partial charge in [-0.3, -0.25) is 4.90 Å². The maximum Gasteiger partial charge on any atom is 0.446 e. The molecule has 0 spiro atoms. The number of halogens is 3. The Morgan fingerprint density at radius 3 is 2.41 bits per heavy atom. The molecule has 1 aliphatic carbocycles. The topological polar surface area (TPSA) is 30.3 Å². The molecule has 2 fully saturated rings. The average molecular weight is 468 g/mol. The largest absolute Gasteiger partial charge is 0.446 e. The van der Waals surface area contributed by atoms with E-state index in [2.05, 4.69) is 29.7 Å². The van der Waals surface area contributed by atoms with Crippen molar-refractivity contribution < 1.29 is 13.2 Å². The third kappa shape index (κ3) is 7.59. The predicted octanol–water partition coefficient (Wildman–Crippen LogP) is 6.80. The van der Waals surface area contributed by atoms with Crippen LogP contribution < -0.4 is 4.90 Å². The second-order valence-electron chi connectivity index (χ2n) is 9.64. The van der Waals surface area contributed by atoms with Gasteiger partial charge in [0, 0.05) is 43.2 Å². The number of rotatable bonds is 8. The molecule has 0 radical (unpaired) electrons. The lowest BCUT2D eigenvalue weighted by Gasteiger charge is -2.38. The summed E-state index contributed by atoms with van der Waals surface area (Å²) in [6.07, 6.45) is 7.10. The van der Waals surface area contributed by atoms with Gasteiger partial charge >= 0.3 is 5.51 Å². The van der Waals surface area contributed by atoms with Crippen molar-refractivity contribution in [3.8, 4) is 6.07 Å². The summed E-state index contributed by atoms with van der Waals surface area (Å²) < 4.78 is 38.0. The van der Waals surface area contributed by atoms with Crippen LogP contribution in [0.3, 0.4) is 0 Å². The normalized spacial score (nSPS) is 24.7. The van der Waals surface area contributed by atoms with Gasteiger partial charge in [-0.25, -0.2) is 0 Å². The van der Waals surface area contributed by atoms with E-state index in [9.17, 15) is 13.2 Å². The van der Waals surface area contributed by atoms with Crippen LogP contribution in [-0.4, -0.2) is 43.1 Å². The molecule has 1 aromatic rings. The summed E-state index contributed by atoms with van der Waals surface area (Å²) in [6, 6.07) is 9.13. The highest BCUT2D eigenvalue weighted by Crippen LogP contribution is 2.39. The molecule has 1 saturated heterocycles. The number of piperazine rings is 1. The van der Waals surface area contributed by atoms with E-state index in [0.717, 1.165) is 50.2 Å². The van der Waals surface area contributed by atoms with Gasteiger partial charge in [0.2, 0.25) is 0 Å². The minimum atomic E-state index is -4.25. The van der Waals surface area contributed by atoms with Crippen molar-refractivity contribution in [1.29, 1.82) is 5.26 Å². The fourth-order valence-corrected chi connectivity index (χ4v) is 5.86. The highest BCUT2D eigenvalue weighted by Gasteiger charge is 2.30. The van der Waals surface area contributed by atoms with Crippen LogP contribution in [0.1, 0.15) is 52.4 Å². The SMILES string of the molecule is CC(CC#N)C(C)C1CCC(CCN2CCN(c3cccc(SC(F)(F)F)c3)CC2)CC1. The Morgan fingerprint density at radius 1 is 1.09 bits per heavy atom. The summed E-state index contributed by atoms with van der Waals surface area (Å²) in [6.45, 7) is 9.31. The lowest BCUT2D eigenvalue weighted by Crippen LogP contribution is -2.47. The number of nitriles is 1. The minimum Gasteiger partial charge on any atom is -0.369 e. The molecule has 1 heterocycles. The second kappa shape index (κ2) is 11.7. The van der Waals surface area contributed by atoms with Crippen molar-refractivity contribution in [3.63, 3.8) is 0 Å². The summed E-state index contributed by atoms with van der Waals surface area (Å²) in [7, 11) is 0. The zero-order chi connectivity index (χ0) is 23.1. The van der Waals surface area contributed by atoms with Crippen molar-refractivity contribution in [3.05, 3.63) is 24.3 Å². The van der Waals surface area contributed by atoms with Gasteiger partial charge in [-0.2, -0.15) is 18.4 Å². The molecular formula is C25H36F3N3S. The number of hydrogen-bond acceptors (Lipinski definition) is 4. The Kier molecular flexibility index (Phi) is 9.19. The smallest absolute Gasteiger partial charge is 0.369 e. The number of alkyl halides is 3. The molecule has 2 atom stereocenters. The Hall–Kier alpha value is -1.39. The summed E-state index contributed by atoms with van der Waals surface area (Å²) in [5, 5.41) is 8.95. The summed E-state index contributed by atoms with van der Waals surface area (Å²) in [5.74, 6) is 2.70. The van der Waals surface area contributed by atoms with Gasteiger partial charge in [-0.1, -0.05) is 32.8 Å². The molecule has 0 aromatic heterocycles. The van der Waals surface area contributed by atoms with Crippen molar-refractivity contribution in [1.82, 2.24) is 4.90 Å². The van der Waals surface area contributed by atoms with Gasteiger partial charge < -0.3 is 4.90 Å². The number of anilines is 1. The van der Waals surface area contributed by atoms with Crippen molar-refractivity contribution in [2.75, 3.05) is 37.6 Å². The first-order valence-corrected chi connectivity index (χ1v) is 12.8. The monoisotopic (exact) mass is 467 g/mol. The van der Waals surface area contributed by atoms with Gasteiger partial charge in [0.15, 0.2) is 0 Å². The Morgan fingerprint density at radius 2 is 1.78 bits per heavy atom. The zero-order valence-corrected chi connectivity index (χ0v) is 20.1. The summed E-state index contributed by atoms with van der Waals surface area (Å²) in [4.78, 5) is 4.96. The molecule has 1 saturated carbocycles. The van der Waals surface area contributed by atoms with Gasteiger partial charge in [0.05, 0.1) is 6.07 Å². The third-order valence-corrected chi connectivity index (χ3v) is 8.31. The van der Waals surface area contributed by atoms with E-state index < -0.39 is 5.51 Å². The Balaban J connectivity index is 1.38. The van der Waals surface area contributed by atoms with E-state index >= 15 is 0 Å². The second-order valence-corrected chi connectivity index (χ2v) is 10.8. The van der Waals surface area contributed by atoms with Crippen LogP contribution in [0.5, 0.6) is 0 Å². The molecule has 3 nitrogen and oxygen atoms in total. The quantitative estimate of drug-likeness (QED) is 0.393. The molecule has 2 unspecified atom stereocenters. The van der Waals surface area contributed by atoms with Gasteiger partial charge in [-0.15, -0.1) is 0 Å². The van der Waals surface area contributed by atoms with Crippen LogP contribution in [0.2, 0.25) is 0 Å². The van der Waals surface area contributed by atoms with Crippen LogP contribution in [0.4, 0.5) is 18.9 Å². The fraction of sp³-hybridized carbons (Fsp3) is 0.720. The lowest BCUT2D eigenvalue weighted by molar-refractivity contribution is -0.0328. The van der Waals surface area contributed by atoms with E-state index in [4.69, 9.17) is 5.26 Å². The maximum atomic E-state index is 12.7. The van der Waals surface area contributed by atoms with E-state index in [1.54, 1.807) is 12.1 Å². The molecule has 1 aromatic carbocycles. The van der Waals surface area contributed by atoms with Crippen LogP contribution in [-0.2, 0) is 0 Å². The van der Waals surface area contributed by atoms with Crippen LogP contribution in [0.25, 0.3) is 0 Å². The highest BCUT2D eigenvalue weighted by atomic mass is 32.2. The molecule has 2 aliphatic rings. The lowest BCUT2D eigenvalue weighted by atomic mass is 9.71. The van der Waals surface area contributed by atoms with Gasteiger partial charge in [-0.05, 0) is 79.4 Å². The molecule has 0 amide bonds. The number of nitrogens with zero attached hydrogens (tertiary/aromatic N) is 3.